The third-order valence-electron chi connectivity index (χ3n) is 1.54. The van der Waals surface area contributed by atoms with Crippen LogP contribution in [0.1, 0.15) is 10.4 Å². The van der Waals surface area contributed by atoms with E-state index in [9.17, 15) is 4.79 Å². The molecule has 2 heteroatoms. The Hall–Kier alpha value is -1.02. The van der Waals surface area contributed by atoms with Gasteiger partial charge < -0.3 is 0 Å². The topological polar surface area (TPSA) is 17.1 Å². The van der Waals surface area contributed by atoms with Gasteiger partial charge in [0.25, 0.3) is 0 Å². The summed E-state index contributed by atoms with van der Waals surface area (Å²) in [6, 6.07) is 9.17. The van der Waals surface area contributed by atoms with E-state index < -0.39 is 0 Å². The lowest BCUT2D eigenvalue weighted by Gasteiger charge is -1.99. The summed E-state index contributed by atoms with van der Waals surface area (Å²) in [5.74, 6) is 0.0168. The summed E-state index contributed by atoms with van der Waals surface area (Å²) in [5.41, 5.74) is 0.705. The number of hydrogen-bond donors (Lipinski definition) is 0. The summed E-state index contributed by atoms with van der Waals surface area (Å²) in [7, 11) is 0. The minimum absolute atomic E-state index is 0.0168. The van der Waals surface area contributed by atoms with Crippen molar-refractivity contribution in [3.8, 4) is 0 Å². The molecule has 0 amide bonds. The largest absolute Gasteiger partial charge is 0.288 e. The highest BCUT2D eigenvalue weighted by Gasteiger charge is 2.07. The third kappa shape index (κ3) is 1.98. The maximum absolute atomic E-state index is 11.5. The Balaban J connectivity index is 2.86. The Bertz CT molecular complexity index is 290. The summed E-state index contributed by atoms with van der Waals surface area (Å²) in [6.45, 7) is 3.66. The van der Waals surface area contributed by atoms with Gasteiger partial charge in [-0.2, -0.15) is 0 Å². The maximum atomic E-state index is 11.5. The molecule has 0 aliphatic rings. The zero-order valence-corrected chi connectivity index (χ0v) is 7.73. The van der Waals surface area contributed by atoms with Gasteiger partial charge in [-0.25, -0.2) is 0 Å². The summed E-state index contributed by atoms with van der Waals surface area (Å²) in [5, 5.41) is 0. The van der Waals surface area contributed by atoms with Gasteiger partial charge in [0.2, 0.25) is 0 Å². The number of Topliss-reactive ketones (excluding diaryl/α,β-unsaturated/α-hetero) is 1. The van der Waals surface area contributed by atoms with Gasteiger partial charge in [0, 0.05) is 10.5 Å². The number of carbonyl (C=O) groups is 1. The molecule has 1 aromatic carbocycles. The number of carbonyl (C=O) groups excluding carboxylic acids is 1. The molecule has 0 saturated carbocycles. The number of ketones is 1. The molecule has 0 bridgehead atoms. The molecule has 0 atom stereocenters. The smallest absolute Gasteiger partial charge is 0.198 e. The molecule has 12 heavy (non-hydrogen) atoms. The second-order valence-corrected chi connectivity index (χ2v) is 3.22. The molecule has 62 valence electrons. The Morgan fingerprint density at radius 3 is 2.42 bits per heavy atom. The minimum atomic E-state index is 0.0168. The van der Waals surface area contributed by atoms with Crippen LogP contribution in [-0.4, -0.2) is 12.0 Å². The van der Waals surface area contributed by atoms with E-state index in [1.807, 2.05) is 24.5 Å². The van der Waals surface area contributed by atoms with Gasteiger partial charge in [0.05, 0.1) is 0 Å². The van der Waals surface area contributed by atoms with Gasteiger partial charge in [-0.3, -0.25) is 4.79 Å². The molecular weight excluding hydrogens is 168 g/mol. The second kappa shape index (κ2) is 4.12. The number of rotatable bonds is 3. The van der Waals surface area contributed by atoms with E-state index >= 15 is 0 Å². The van der Waals surface area contributed by atoms with E-state index in [1.165, 1.54) is 11.8 Å². The van der Waals surface area contributed by atoms with E-state index in [1.54, 1.807) is 12.1 Å². The highest BCUT2D eigenvalue weighted by atomic mass is 32.2. The predicted octanol–water partition coefficient (Wildman–Crippen LogP) is 2.75. The van der Waals surface area contributed by atoms with Crippen molar-refractivity contribution in [3.05, 3.63) is 47.4 Å². The van der Waals surface area contributed by atoms with Crippen molar-refractivity contribution < 1.29 is 4.79 Å². The average molecular weight is 178 g/mol. The SMILES string of the molecule is C=C(SC)C(=O)c1ccccc1. The fourth-order valence-corrected chi connectivity index (χ4v) is 1.15. The van der Waals surface area contributed by atoms with Crippen molar-refractivity contribution in [2.45, 2.75) is 0 Å². The van der Waals surface area contributed by atoms with Crippen molar-refractivity contribution in [1.82, 2.24) is 0 Å². The molecular formula is C10H10OS. The van der Waals surface area contributed by atoms with Crippen LogP contribution in [0.25, 0.3) is 0 Å². The number of benzene rings is 1. The fourth-order valence-electron chi connectivity index (χ4n) is 0.843. The van der Waals surface area contributed by atoms with E-state index in [4.69, 9.17) is 0 Å². The molecule has 0 radical (unpaired) electrons. The van der Waals surface area contributed by atoms with Crippen LogP contribution >= 0.6 is 11.8 Å². The van der Waals surface area contributed by atoms with Gasteiger partial charge >= 0.3 is 0 Å². The van der Waals surface area contributed by atoms with Crippen LogP contribution in [0, 0.1) is 0 Å². The molecule has 1 rings (SSSR count). The molecule has 0 aromatic heterocycles. The van der Waals surface area contributed by atoms with Gasteiger partial charge in [0.15, 0.2) is 5.78 Å². The van der Waals surface area contributed by atoms with Gasteiger partial charge in [0.1, 0.15) is 0 Å². The van der Waals surface area contributed by atoms with Crippen LogP contribution < -0.4 is 0 Å². The van der Waals surface area contributed by atoms with Crippen molar-refractivity contribution in [2.75, 3.05) is 6.26 Å². The first-order valence-electron chi connectivity index (χ1n) is 3.58. The van der Waals surface area contributed by atoms with Crippen LogP contribution in [0.4, 0.5) is 0 Å². The van der Waals surface area contributed by atoms with Gasteiger partial charge in [-0.05, 0) is 6.26 Å². The summed E-state index contributed by atoms with van der Waals surface area (Å²) in [6.07, 6.45) is 1.85. The summed E-state index contributed by atoms with van der Waals surface area (Å²) >= 11 is 1.38. The highest BCUT2D eigenvalue weighted by molar-refractivity contribution is 8.03. The minimum Gasteiger partial charge on any atom is -0.288 e. The zero-order chi connectivity index (χ0) is 8.97. The fraction of sp³-hybridized carbons (Fsp3) is 0.100. The first kappa shape index (κ1) is 9.07. The van der Waals surface area contributed by atoms with Crippen molar-refractivity contribution in [2.24, 2.45) is 0 Å². The molecule has 0 heterocycles. The highest BCUT2D eigenvalue weighted by Crippen LogP contribution is 2.15. The molecule has 0 aliphatic carbocycles. The third-order valence-corrected chi connectivity index (χ3v) is 2.21. The molecule has 0 spiro atoms. The number of allylic oxidation sites excluding steroid dienone is 1. The Kier molecular flexibility index (Phi) is 3.11. The molecule has 0 saturated heterocycles. The normalized spacial score (nSPS) is 9.42. The van der Waals surface area contributed by atoms with Crippen LogP contribution in [-0.2, 0) is 0 Å². The lowest BCUT2D eigenvalue weighted by Crippen LogP contribution is -1.98. The zero-order valence-electron chi connectivity index (χ0n) is 6.91. The summed E-state index contributed by atoms with van der Waals surface area (Å²) in [4.78, 5) is 12.0. The first-order chi connectivity index (χ1) is 5.75. The quantitative estimate of drug-likeness (QED) is 0.523. The molecule has 0 fully saturated rings. The van der Waals surface area contributed by atoms with Gasteiger partial charge in [-0.1, -0.05) is 36.9 Å². The van der Waals surface area contributed by atoms with Crippen LogP contribution in [0.2, 0.25) is 0 Å². The Labute approximate surface area is 76.5 Å². The molecule has 0 aliphatic heterocycles. The molecule has 0 N–H and O–H groups in total. The molecule has 0 unspecified atom stereocenters. The lowest BCUT2D eigenvalue weighted by molar-refractivity contribution is 0.104. The first-order valence-corrected chi connectivity index (χ1v) is 4.81. The monoisotopic (exact) mass is 178 g/mol. The average Bonchev–Trinajstić information content (AvgIpc) is 2.17. The van der Waals surface area contributed by atoms with E-state index in [2.05, 4.69) is 6.58 Å². The Morgan fingerprint density at radius 1 is 1.33 bits per heavy atom. The van der Waals surface area contributed by atoms with Crippen molar-refractivity contribution >= 4 is 17.5 Å². The standard InChI is InChI=1S/C10H10OS/c1-8(12-2)10(11)9-6-4-3-5-7-9/h3-7H,1H2,2H3. The van der Waals surface area contributed by atoms with Crippen molar-refractivity contribution in [3.63, 3.8) is 0 Å². The van der Waals surface area contributed by atoms with Gasteiger partial charge in [-0.15, -0.1) is 11.8 Å². The van der Waals surface area contributed by atoms with Crippen molar-refractivity contribution in [1.29, 1.82) is 0 Å². The van der Waals surface area contributed by atoms with Crippen LogP contribution in [0.15, 0.2) is 41.8 Å². The maximum Gasteiger partial charge on any atom is 0.198 e. The van der Waals surface area contributed by atoms with E-state index in [0.29, 0.717) is 10.5 Å². The number of hydrogen-bond acceptors (Lipinski definition) is 2. The Morgan fingerprint density at radius 2 is 1.92 bits per heavy atom. The van der Waals surface area contributed by atoms with E-state index in [0.717, 1.165) is 0 Å². The van der Waals surface area contributed by atoms with E-state index in [-0.39, 0.29) is 5.78 Å². The molecule has 1 nitrogen and oxygen atoms in total. The lowest BCUT2D eigenvalue weighted by atomic mass is 10.1. The molecule has 1 aromatic rings. The number of thioether (sulfide) groups is 1. The summed E-state index contributed by atoms with van der Waals surface area (Å²) < 4.78 is 0. The van der Waals surface area contributed by atoms with Crippen LogP contribution in [0.3, 0.4) is 0 Å². The second-order valence-electron chi connectivity index (χ2n) is 2.32. The van der Waals surface area contributed by atoms with Crippen LogP contribution in [0.5, 0.6) is 0 Å². The predicted molar refractivity (Wildman–Crippen MR) is 53.4 cm³/mol.